The molecule has 0 unspecified atom stereocenters. The van der Waals surface area contributed by atoms with Crippen LogP contribution in [-0.4, -0.2) is 25.8 Å². The van der Waals surface area contributed by atoms with E-state index in [2.05, 4.69) is 0 Å². The maximum Gasteiger partial charge on any atom is 0.264 e. The number of ether oxygens (including phenoxy) is 1. The van der Waals surface area contributed by atoms with Gasteiger partial charge in [0.15, 0.2) is 0 Å². The van der Waals surface area contributed by atoms with Crippen LogP contribution in [0.25, 0.3) is 0 Å². The van der Waals surface area contributed by atoms with E-state index in [1.165, 1.54) is 0 Å². The molecule has 0 amide bonds. The fourth-order valence-corrected chi connectivity index (χ4v) is 1.97. The summed E-state index contributed by atoms with van der Waals surface area (Å²) in [6.07, 6.45) is 2.02. The van der Waals surface area contributed by atoms with Crippen LogP contribution in [0.15, 0.2) is 24.3 Å². The van der Waals surface area contributed by atoms with Crippen molar-refractivity contribution in [3.63, 3.8) is 0 Å². The maximum atomic E-state index is 10.5. The molecule has 0 saturated carbocycles. The van der Waals surface area contributed by atoms with Crippen molar-refractivity contribution < 1.29 is 17.7 Å². The monoisotopic (exact) mass is 244 g/mol. The fourth-order valence-electron chi connectivity index (χ4n) is 1.41. The van der Waals surface area contributed by atoms with Crippen LogP contribution in [0.3, 0.4) is 0 Å². The predicted octanol–water partition coefficient (Wildman–Crippen LogP) is 1.91. The number of hydrogen-bond acceptors (Lipinski definition) is 3. The summed E-state index contributed by atoms with van der Waals surface area (Å²) in [5.41, 5.74) is 1.14. The fraction of sp³-hybridized carbons (Fsp3) is 0.455. The Morgan fingerprint density at radius 3 is 2.31 bits per heavy atom. The van der Waals surface area contributed by atoms with Crippen molar-refractivity contribution in [1.29, 1.82) is 0 Å². The van der Waals surface area contributed by atoms with E-state index >= 15 is 0 Å². The zero-order chi connectivity index (χ0) is 12.0. The van der Waals surface area contributed by atoms with Crippen LogP contribution in [0.2, 0.25) is 0 Å². The highest BCUT2D eigenvalue weighted by Gasteiger charge is 2.03. The van der Waals surface area contributed by atoms with Crippen LogP contribution in [-0.2, 0) is 16.5 Å². The Morgan fingerprint density at radius 2 is 1.81 bits per heavy atom. The first-order valence-corrected chi connectivity index (χ1v) is 6.70. The average Bonchev–Trinajstić information content (AvgIpc) is 2.24. The predicted molar refractivity (Wildman–Crippen MR) is 62.3 cm³/mol. The number of methoxy groups -OCH3 is 1. The molecule has 1 rings (SSSR count). The quantitative estimate of drug-likeness (QED) is 0.613. The molecule has 16 heavy (non-hydrogen) atoms. The Morgan fingerprint density at radius 1 is 1.19 bits per heavy atom. The molecular weight excluding hydrogens is 228 g/mol. The minimum absolute atomic E-state index is 0.164. The third kappa shape index (κ3) is 5.14. The Bertz CT molecular complexity index is 408. The molecule has 0 radical (unpaired) electrons. The zero-order valence-corrected chi connectivity index (χ0v) is 10.0. The molecule has 0 aromatic heterocycles. The van der Waals surface area contributed by atoms with Gasteiger partial charge in [-0.25, -0.2) is 0 Å². The SMILES string of the molecule is COc1ccc(CCCCS(=O)(=O)O)cc1. The number of benzene rings is 1. The maximum absolute atomic E-state index is 10.5. The van der Waals surface area contributed by atoms with E-state index in [0.29, 0.717) is 6.42 Å². The van der Waals surface area contributed by atoms with Gasteiger partial charge in [-0.05, 0) is 37.0 Å². The van der Waals surface area contributed by atoms with E-state index in [1.807, 2.05) is 24.3 Å². The molecule has 5 heteroatoms. The van der Waals surface area contributed by atoms with Crippen LogP contribution >= 0.6 is 0 Å². The van der Waals surface area contributed by atoms with E-state index in [0.717, 1.165) is 24.2 Å². The molecule has 1 aromatic carbocycles. The minimum atomic E-state index is -3.81. The number of aryl methyl sites for hydroxylation is 1. The minimum Gasteiger partial charge on any atom is -0.497 e. The van der Waals surface area contributed by atoms with E-state index < -0.39 is 10.1 Å². The van der Waals surface area contributed by atoms with Gasteiger partial charge < -0.3 is 4.74 Å². The Balaban J connectivity index is 2.32. The first-order valence-electron chi connectivity index (χ1n) is 5.09. The lowest BCUT2D eigenvalue weighted by Crippen LogP contribution is -2.03. The van der Waals surface area contributed by atoms with Crippen molar-refractivity contribution >= 4 is 10.1 Å². The third-order valence-corrected chi connectivity index (χ3v) is 3.08. The number of unbranched alkanes of at least 4 members (excludes halogenated alkanes) is 1. The normalized spacial score (nSPS) is 11.4. The Labute approximate surface area is 96.0 Å². The van der Waals surface area contributed by atoms with Gasteiger partial charge in [-0.3, -0.25) is 4.55 Å². The molecule has 0 spiro atoms. The van der Waals surface area contributed by atoms with Crippen LogP contribution < -0.4 is 4.74 Å². The van der Waals surface area contributed by atoms with Crippen molar-refractivity contribution in [3.8, 4) is 5.75 Å². The Kier molecular flexibility index (Phi) is 4.76. The largest absolute Gasteiger partial charge is 0.497 e. The van der Waals surface area contributed by atoms with Gasteiger partial charge in [0.2, 0.25) is 0 Å². The van der Waals surface area contributed by atoms with Gasteiger partial charge in [-0.1, -0.05) is 12.1 Å². The van der Waals surface area contributed by atoms with Crippen molar-refractivity contribution in [2.75, 3.05) is 12.9 Å². The summed E-state index contributed by atoms with van der Waals surface area (Å²) in [5.74, 6) is 0.644. The van der Waals surface area contributed by atoms with Crippen LogP contribution in [0.1, 0.15) is 18.4 Å². The van der Waals surface area contributed by atoms with Crippen LogP contribution in [0.4, 0.5) is 0 Å². The van der Waals surface area contributed by atoms with Gasteiger partial charge in [0.1, 0.15) is 5.75 Å². The van der Waals surface area contributed by atoms with Crippen LogP contribution in [0, 0.1) is 0 Å². The van der Waals surface area contributed by atoms with E-state index in [4.69, 9.17) is 9.29 Å². The molecule has 0 atom stereocenters. The molecule has 0 aliphatic rings. The molecule has 0 bridgehead atoms. The third-order valence-electron chi connectivity index (χ3n) is 2.28. The molecule has 0 aliphatic carbocycles. The molecule has 0 fully saturated rings. The van der Waals surface area contributed by atoms with Crippen molar-refractivity contribution in [2.45, 2.75) is 19.3 Å². The van der Waals surface area contributed by atoms with Crippen LogP contribution in [0.5, 0.6) is 5.75 Å². The molecule has 0 heterocycles. The standard InChI is InChI=1S/C11H16O4S/c1-15-11-7-5-10(6-8-11)4-2-3-9-16(12,13)14/h5-8H,2-4,9H2,1H3,(H,12,13,14). The zero-order valence-electron chi connectivity index (χ0n) is 9.22. The molecule has 90 valence electrons. The Hall–Kier alpha value is -1.07. The van der Waals surface area contributed by atoms with E-state index in [9.17, 15) is 8.42 Å². The first kappa shape index (κ1) is 13.0. The van der Waals surface area contributed by atoms with Gasteiger partial charge in [0, 0.05) is 0 Å². The molecule has 1 N–H and O–H groups in total. The van der Waals surface area contributed by atoms with Gasteiger partial charge >= 0.3 is 0 Å². The molecule has 4 nitrogen and oxygen atoms in total. The average molecular weight is 244 g/mol. The summed E-state index contributed by atoms with van der Waals surface area (Å²) in [7, 11) is -2.20. The summed E-state index contributed by atoms with van der Waals surface area (Å²) >= 11 is 0. The molecular formula is C11H16O4S. The summed E-state index contributed by atoms with van der Waals surface area (Å²) in [6, 6.07) is 7.65. The lowest BCUT2D eigenvalue weighted by Gasteiger charge is -2.03. The smallest absolute Gasteiger partial charge is 0.264 e. The van der Waals surface area contributed by atoms with Crippen molar-refractivity contribution in [1.82, 2.24) is 0 Å². The van der Waals surface area contributed by atoms with Gasteiger partial charge in [0.05, 0.1) is 12.9 Å². The highest BCUT2D eigenvalue weighted by atomic mass is 32.2. The van der Waals surface area contributed by atoms with Gasteiger partial charge in [0.25, 0.3) is 10.1 Å². The summed E-state index contributed by atoms with van der Waals surface area (Å²) < 4.78 is 34.5. The van der Waals surface area contributed by atoms with Gasteiger partial charge in [-0.2, -0.15) is 8.42 Å². The second kappa shape index (κ2) is 5.86. The molecule has 0 saturated heterocycles. The summed E-state index contributed by atoms with van der Waals surface area (Å²) in [5, 5.41) is 0. The molecule has 1 aromatic rings. The number of hydrogen-bond donors (Lipinski definition) is 1. The van der Waals surface area contributed by atoms with Crippen molar-refractivity contribution in [3.05, 3.63) is 29.8 Å². The van der Waals surface area contributed by atoms with Crippen molar-refractivity contribution in [2.24, 2.45) is 0 Å². The van der Waals surface area contributed by atoms with Gasteiger partial charge in [-0.15, -0.1) is 0 Å². The lowest BCUT2D eigenvalue weighted by molar-refractivity contribution is 0.414. The van der Waals surface area contributed by atoms with E-state index in [1.54, 1.807) is 7.11 Å². The highest BCUT2D eigenvalue weighted by Crippen LogP contribution is 2.13. The lowest BCUT2D eigenvalue weighted by atomic mass is 10.1. The second-order valence-corrected chi connectivity index (χ2v) is 5.16. The second-order valence-electron chi connectivity index (χ2n) is 3.59. The van der Waals surface area contributed by atoms with E-state index in [-0.39, 0.29) is 5.75 Å². The topological polar surface area (TPSA) is 63.6 Å². The summed E-state index contributed by atoms with van der Waals surface area (Å²) in [4.78, 5) is 0. The molecule has 0 aliphatic heterocycles. The first-order chi connectivity index (χ1) is 7.51. The highest BCUT2D eigenvalue weighted by molar-refractivity contribution is 7.85. The number of rotatable bonds is 6. The summed E-state index contributed by atoms with van der Waals surface area (Å²) in [6.45, 7) is 0.